The first-order chi connectivity index (χ1) is 19.8. The standard InChI is InChI=1S/C29H45N5O7/c1-3-4-9-32(10-6-5-8-30)25(36)17-34-16-22(20-14-21(18-35)27-24(15-20)40-19-41-27)26(28(37)38)23(34)7-11-33-13-12-31(2)29(33)39/h14-15,22-23,26,35H,3-13,16-19,30H2,1-2H3,(H,37,38)/t22-,23+,26-/m1/s1. The van der Waals surface area contributed by atoms with Crippen LogP contribution in [0.4, 0.5) is 4.79 Å². The van der Waals surface area contributed by atoms with Crippen molar-refractivity contribution in [2.45, 2.75) is 57.6 Å². The number of carboxylic acids is 1. The number of carbonyl (C=O) groups is 3. The molecule has 3 aliphatic heterocycles. The first-order valence-corrected chi connectivity index (χ1v) is 14.8. The Morgan fingerprint density at radius 2 is 1.93 bits per heavy atom. The molecule has 0 aromatic heterocycles. The normalized spacial score (nSPS) is 22.1. The second-order valence-electron chi connectivity index (χ2n) is 11.2. The number of likely N-dealkylation sites (N-methyl/N-ethyl adjacent to an activating group) is 1. The Morgan fingerprint density at radius 3 is 2.59 bits per heavy atom. The van der Waals surface area contributed by atoms with Crippen LogP contribution in [0.25, 0.3) is 0 Å². The Balaban J connectivity index is 1.61. The Bertz CT molecular complexity index is 1090. The molecular weight excluding hydrogens is 530 g/mol. The third kappa shape index (κ3) is 7.04. The van der Waals surface area contributed by atoms with Crippen molar-refractivity contribution >= 4 is 17.9 Å². The minimum absolute atomic E-state index is 0.0241. The maximum atomic E-state index is 13.6. The summed E-state index contributed by atoms with van der Waals surface area (Å²) < 4.78 is 11.1. The molecule has 1 aromatic rings. The van der Waals surface area contributed by atoms with Gasteiger partial charge in [-0.1, -0.05) is 13.3 Å². The third-order valence-corrected chi connectivity index (χ3v) is 8.56. The largest absolute Gasteiger partial charge is 0.481 e. The summed E-state index contributed by atoms with van der Waals surface area (Å²) >= 11 is 0. The van der Waals surface area contributed by atoms with E-state index in [1.807, 2.05) is 9.80 Å². The van der Waals surface area contributed by atoms with Gasteiger partial charge in [0.1, 0.15) is 0 Å². The van der Waals surface area contributed by atoms with Crippen LogP contribution in [0, 0.1) is 5.92 Å². The smallest absolute Gasteiger partial charge is 0.319 e. The molecule has 2 fully saturated rings. The molecule has 3 heterocycles. The number of amides is 3. The van der Waals surface area contributed by atoms with Crippen LogP contribution >= 0.6 is 0 Å². The summed E-state index contributed by atoms with van der Waals surface area (Å²) in [6, 6.07) is 3.06. The van der Waals surface area contributed by atoms with E-state index in [4.69, 9.17) is 15.2 Å². The van der Waals surface area contributed by atoms with Crippen LogP contribution < -0.4 is 15.2 Å². The first-order valence-electron chi connectivity index (χ1n) is 14.8. The summed E-state index contributed by atoms with van der Waals surface area (Å²) in [4.78, 5) is 46.3. The van der Waals surface area contributed by atoms with E-state index in [0.29, 0.717) is 69.3 Å². The SMILES string of the molecule is CCCCN(CCCCN)C(=O)CN1C[C@H](c2cc(CO)c3c(c2)OCO3)[C@@H](C(=O)O)[C@@H]1CCN1CCN(C)C1=O. The van der Waals surface area contributed by atoms with Crippen molar-refractivity contribution in [3.05, 3.63) is 23.3 Å². The molecule has 0 radical (unpaired) electrons. The van der Waals surface area contributed by atoms with Crippen molar-refractivity contribution in [2.75, 3.05) is 66.2 Å². The lowest BCUT2D eigenvalue weighted by Gasteiger charge is -2.30. The van der Waals surface area contributed by atoms with Crippen molar-refractivity contribution in [1.29, 1.82) is 0 Å². The van der Waals surface area contributed by atoms with Gasteiger partial charge in [-0.15, -0.1) is 0 Å². The van der Waals surface area contributed by atoms with Gasteiger partial charge < -0.3 is 40.1 Å². The van der Waals surface area contributed by atoms with Crippen molar-refractivity contribution in [2.24, 2.45) is 11.7 Å². The lowest BCUT2D eigenvalue weighted by Crippen LogP contribution is -2.46. The van der Waals surface area contributed by atoms with Crippen LogP contribution in [0.1, 0.15) is 56.1 Å². The number of rotatable bonds is 15. The van der Waals surface area contributed by atoms with Crippen LogP contribution in [-0.2, 0) is 16.2 Å². The van der Waals surface area contributed by atoms with Crippen LogP contribution in [0.15, 0.2) is 12.1 Å². The number of aliphatic hydroxyl groups is 1. The minimum Gasteiger partial charge on any atom is -0.481 e. The van der Waals surface area contributed by atoms with Gasteiger partial charge in [0.2, 0.25) is 12.7 Å². The molecule has 1 aromatic carbocycles. The van der Waals surface area contributed by atoms with Gasteiger partial charge in [0.05, 0.1) is 19.1 Å². The number of aliphatic carboxylic acids is 1. The van der Waals surface area contributed by atoms with E-state index in [0.717, 1.165) is 31.2 Å². The molecule has 3 atom stereocenters. The lowest BCUT2D eigenvalue weighted by atomic mass is 9.83. The second-order valence-corrected chi connectivity index (χ2v) is 11.2. The molecule has 0 aliphatic carbocycles. The molecule has 2 saturated heterocycles. The van der Waals surface area contributed by atoms with E-state index in [1.54, 1.807) is 29.0 Å². The van der Waals surface area contributed by atoms with E-state index in [9.17, 15) is 24.6 Å². The molecule has 0 saturated carbocycles. The van der Waals surface area contributed by atoms with E-state index < -0.39 is 23.8 Å². The van der Waals surface area contributed by atoms with Crippen molar-refractivity contribution in [3.8, 4) is 11.5 Å². The zero-order valence-corrected chi connectivity index (χ0v) is 24.3. The highest BCUT2D eigenvalue weighted by atomic mass is 16.7. The Labute approximate surface area is 241 Å². The monoisotopic (exact) mass is 575 g/mol. The maximum Gasteiger partial charge on any atom is 0.319 e. The van der Waals surface area contributed by atoms with Crippen LogP contribution in [0.5, 0.6) is 11.5 Å². The number of benzene rings is 1. The predicted octanol–water partition coefficient (Wildman–Crippen LogP) is 1.50. The highest BCUT2D eigenvalue weighted by Gasteiger charge is 2.48. The molecule has 228 valence electrons. The Morgan fingerprint density at radius 1 is 1.15 bits per heavy atom. The highest BCUT2D eigenvalue weighted by molar-refractivity contribution is 5.79. The minimum atomic E-state index is -0.950. The summed E-state index contributed by atoms with van der Waals surface area (Å²) in [5.74, 6) is -1.27. The summed E-state index contributed by atoms with van der Waals surface area (Å²) in [7, 11) is 1.76. The van der Waals surface area contributed by atoms with Gasteiger partial charge in [-0.05, 0) is 49.9 Å². The number of nitrogens with zero attached hydrogens (tertiary/aromatic N) is 4. The molecule has 4 N–H and O–H groups in total. The highest BCUT2D eigenvalue weighted by Crippen LogP contribution is 2.44. The fraction of sp³-hybridized carbons (Fsp3) is 0.690. The van der Waals surface area contributed by atoms with Gasteiger partial charge in [-0.25, -0.2) is 4.79 Å². The molecule has 0 spiro atoms. The fourth-order valence-corrected chi connectivity index (χ4v) is 6.26. The van der Waals surface area contributed by atoms with E-state index >= 15 is 0 Å². The van der Waals surface area contributed by atoms with Crippen LogP contribution in [-0.4, -0.2) is 120 Å². The van der Waals surface area contributed by atoms with Crippen LogP contribution in [0.3, 0.4) is 0 Å². The lowest BCUT2D eigenvalue weighted by molar-refractivity contribution is -0.144. The third-order valence-electron chi connectivity index (χ3n) is 8.56. The van der Waals surface area contributed by atoms with E-state index in [2.05, 4.69) is 6.92 Å². The quantitative estimate of drug-likeness (QED) is 0.265. The average molecular weight is 576 g/mol. The van der Waals surface area contributed by atoms with Crippen molar-refractivity contribution in [1.82, 2.24) is 19.6 Å². The summed E-state index contributed by atoms with van der Waals surface area (Å²) in [6.07, 6.45) is 3.94. The molecule has 3 aliphatic rings. The summed E-state index contributed by atoms with van der Waals surface area (Å²) in [6.45, 7) is 5.80. The van der Waals surface area contributed by atoms with Crippen molar-refractivity contribution < 1.29 is 34.1 Å². The van der Waals surface area contributed by atoms with Gasteiger partial charge in [0, 0.05) is 63.8 Å². The number of fused-ring (bicyclic) bond motifs is 1. The number of hydrogen-bond donors (Lipinski definition) is 3. The molecule has 0 unspecified atom stereocenters. The van der Waals surface area contributed by atoms with Crippen LogP contribution in [0.2, 0.25) is 0 Å². The average Bonchev–Trinajstić information content (AvgIpc) is 3.66. The van der Waals surface area contributed by atoms with Gasteiger partial charge in [0.25, 0.3) is 0 Å². The molecule has 41 heavy (non-hydrogen) atoms. The number of hydrogen-bond acceptors (Lipinski definition) is 8. The van der Waals surface area contributed by atoms with Gasteiger partial charge in [-0.2, -0.15) is 0 Å². The number of aliphatic hydroxyl groups excluding tert-OH is 1. The van der Waals surface area contributed by atoms with Gasteiger partial charge in [-0.3, -0.25) is 14.5 Å². The second kappa shape index (κ2) is 14.2. The number of ether oxygens (including phenoxy) is 2. The number of urea groups is 1. The van der Waals surface area contributed by atoms with E-state index in [1.165, 1.54) is 0 Å². The maximum absolute atomic E-state index is 13.6. The van der Waals surface area contributed by atoms with Crippen molar-refractivity contribution in [3.63, 3.8) is 0 Å². The molecule has 4 rings (SSSR count). The Kier molecular flexibility index (Phi) is 10.7. The molecule has 0 bridgehead atoms. The number of unbranched alkanes of at least 4 members (excludes halogenated alkanes) is 2. The summed E-state index contributed by atoms with van der Waals surface area (Å²) in [5.41, 5.74) is 6.96. The molecule has 12 heteroatoms. The number of carbonyl (C=O) groups excluding carboxylic acids is 2. The van der Waals surface area contributed by atoms with E-state index in [-0.39, 0.29) is 31.9 Å². The topological polar surface area (TPSA) is 149 Å². The molecule has 12 nitrogen and oxygen atoms in total. The van der Waals surface area contributed by atoms with Gasteiger partial charge >= 0.3 is 12.0 Å². The zero-order chi connectivity index (χ0) is 29.5. The number of nitrogens with two attached hydrogens (primary N) is 1. The summed E-state index contributed by atoms with van der Waals surface area (Å²) in [5, 5.41) is 20.5. The molecule has 3 amide bonds. The fourth-order valence-electron chi connectivity index (χ4n) is 6.26. The number of likely N-dealkylation sites (tertiary alicyclic amines) is 1. The zero-order valence-electron chi connectivity index (χ0n) is 24.3. The predicted molar refractivity (Wildman–Crippen MR) is 152 cm³/mol. The first kappa shape index (κ1) is 30.9. The molecular formula is C29H45N5O7. The van der Waals surface area contributed by atoms with Gasteiger partial charge in [0.15, 0.2) is 11.5 Å². The number of carboxylic acid groups (broad SMARTS) is 1. The Hall–Kier alpha value is -3.09.